The minimum Gasteiger partial charge on any atom is -0.496 e. The highest BCUT2D eigenvalue weighted by Gasteiger charge is 2.17. The zero-order chi connectivity index (χ0) is 105. The van der Waals surface area contributed by atoms with Crippen LogP contribution in [-0.2, 0) is 18.0 Å². The van der Waals surface area contributed by atoms with Gasteiger partial charge in [0, 0.05) is 116 Å². The lowest BCUT2D eigenvalue weighted by Crippen LogP contribution is -2.47. The van der Waals surface area contributed by atoms with Gasteiger partial charge in [-0.05, 0) is 309 Å². The van der Waals surface area contributed by atoms with Gasteiger partial charge in [0.05, 0.1) is 33.5 Å². The number of methoxy groups -OCH3 is 1. The number of likely N-dealkylation sites (N-methyl/N-ethyl adjacent to an activating group) is 1. The quantitative estimate of drug-likeness (QED) is 0.0896. The third-order valence-corrected chi connectivity index (χ3v) is 24.2. The molecule has 0 unspecified atom stereocenters. The number of hydrogen-bond acceptors (Lipinski definition) is 13. The summed E-state index contributed by atoms with van der Waals surface area (Å²) in [6.45, 7) is 88.0. The Hall–Kier alpha value is -9.41. The summed E-state index contributed by atoms with van der Waals surface area (Å²) in [5.41, 5.74) is 25.1. The number of aliphatic hydroxyl groups is 2. The van der Waals surface area contributed by atoms with Crippen molar-refractivity contribution in [2.75, 3.05) is 79.7 Å². The summed E-state index contributed by atoms with van der Waals surface area (Å²) < 4.78 is 10.4. The largest absolute Gasteiger partial charge is 0.496 e. The first-order valence-corrected chi connectivity index (χ1v) is 52.6. The lowest BCUT2D eigenvalue weighted by atomic mass is 9.99. The average Bonchev–Trinajstić information content (AvgIpc) is 0.889. The summed E-state index contributed by atoms with van der Waals surface area (Å²) in [4.78, 5) is 31.3. The molecule has 3 aliphatic rings. The van der Waals surface area contributed by atoms with Crippen molar-refractivity contribution in [3.8, 4) is 5.75 Å². The molecular formula is C127H197N9O4. The first-order chi connectivity index (χ1) is 66.3. The van der Waals surface area contributed by atoms with E-state index in [0.717, 1.165) is 66.7 Å². The van der Waals surface area contributed by atoms with Crippen molar-refractivity contribution in [1.29, 1.82) is 0 Å². The topological polar surface area (TPSA) is 136 Å². The van der Waals surface area contributed by atoms with E-state index in [1.165, 1.54) is 148 Å². The highest BCUT2D eigenvalue weighted by molar-refractivity contribution is 5.36. The smallest absolute Gasteiger partial charge is 0.122 e. The number of piperazine rings is 1. The molecule has 13 heteroatoms. The van der Waals surface area contributed by atoms with Crippen molar-refractivity contribution in [2.24, 2.45) is 0 Å². The standard InChI is InChI=1S/3C10H14O.3C10H14.4C9H13N.C8H18N2.C8H17N.C8H11N.C7H15NO/c1-8(2)9-6-4-5-7-10(9)11-3;1-8(2)10-5-3-9(7-11)4-6-10;1-8(2)10-5-3-4-9(6-10)7-11;1-8(2)10-6-4-9(3)5-7-10;1-8(2)10-6-4-5-9(3)7-10;1-8(2)10-7-5-4-6-9(10)3;1-7(2)9-6-8(3)4-5-10-9;1-7(2)9-5-4-8(3)6-10-9;1-7(2)9-8(3)5-4-6-10-9;1-7(2)9-6-4-5-8(3)10-9;1-8(2)10-6-4-9(3)5-7-10;1-8(2)9-6-4-3-5-7-9;1-7(2)8-5-3-4-6-9-8;1-7(2)8-3-5-9-6-4-8/h4-8H,1-3H3;2*3-6,8,11H,7H2,1-2H3;3*4-8H,1-3H3;4*4-7H,1-3H3;8H,4-7H2,1-3H3;8H,3-7H2,1-2H3;3-7H,1-2H3;7H,3-6H2,1-2H3. The van der Waals surface area contributed by atoms with Crippen LogP contribution in [0, 0.1) is 48.5 Å². The molecule has 0 bridgehead atoms. The van der Waals surface area contributed by atoms with Gasteiger partial charge in [0.1, 0.15) is 5.75 Å². The molecule has 8 heterocycles. The predicted octanol–water partition coefficient (Wildman–Crippen LogP) is 32.3. The maximum absolute atomic E-state index is 8.84. The second-order valence-corrected chi connectivity index (χ2v) is 41.5. The number of hydrogen-bond donors (Lipinski definition) is 2. The van der Waals surface area contributed by atoms with Gasteiger partial charge in [0.2, 0.25) is 0 Å². The molecule has 11 aromatic rings. The van der Waals surface area contributed by atoms with E-state index < -0.39 is 0 Å². The number of piperidine rings is 1. The first-order valence-electron chi connectivity index (χ1n) is 52.6. The van der Waals surface area contributed by atoms with Gasteiger partial charge in [0.15, 0.2) is 0 Å². The molecule has 2 N–H and O–H groups in total. The van der Waals surface area contributed by atoms with Gasteiger partial charge >= 0.3 is 0 Å². The normalized spacial score (nSPS) is 13.0. The lowest BCUT2D eigenvalue weighted by molar-refractivity contribution is 0.0238. The molecule has 0 saturated carbocycles. The fourth-order valence-corrected chi connectivity index (χ4v) is 14.7. The number of morpholine rings is 1. The highest BCUT2D eigenvalue weighted by Crippen LogP contribution is 2.27. The number of aromatic nitrogens is 5. The van der Waals surface area contributed by atoms with E-state index in [0.29, 0.717) is 71.1 Å². The van der Waals surface area contributed by atoms with Crippen molar-refractivity contribution in [3.05, 3.63) is 355 Å². The lowest BCUT2D eigenvalue weighted by Gasteiger charge is -2.34. The molecule has 13 nitrogen and oxygen atoms in total. The number of aliphatic hydroxyl groups excluding tert-OH is 2. The van der Waals surface area contributed by atoms with E-state index in [4.69, 9.17) is 19.7 Å². The van der Waals surface area contributed by atoms with Crippen LogP contribution < -0.4 is 4.74 Å². The van der Waals surface area contributed by atoms with Gasteiger partial charge in [-0.15, -0.1) is 0 Å². The molecule has 14 rings (SSSR count). The Labute approximate surface area is 857 Å². The summed E-state index contributed by atoms with van der Waals surface area (Å²) in [5, 5.41) is 17.6. The first kappa shape index (κ1) is 129. The van der Waals surface area contributed by atoms with Crippen molar-refractivity contribution in [2.45, 2.75) is 358 Å². The van der Waals surface area contributed by atoms with Crippen LogP contribution >= 0.6 is 0 Å². The van der Waals surface area contributed by atoms with Gasteiger partial charge < -0.3 is 29.5 Å². The number of likely N-dealkylation sites (tertiary alicyclic amines) is 1. The van der Waals surface area contributed by atoms with Crippen LogP contribution in [0.15, 0.2) is 243 Å². The van der Waals surface area contributed by atoms with Gasteiger partial charge in [-0.3, -0.25) is 34.7 Å². The molecule has 140 heavy (non-hydrogen) atoms. The molecule has 0 amide bonds. The Morgan fingerprint density at radius 3 is 1.11 bits per heavy atom. The zero-order valence-electron chi connectivity index (χ0n) is 95.0. The van der Waals surface area contributed by atoms with Crippen molar-refractivity contribution < 1.29 is 19.7 Å². The minimum absolute atomic E-state index is 0.137. The van der Waals surface area contributed by atoms with Gasteiger partial charge in [-0.2, -0.15) is 0 Å². The Kier molecular flexibility index (Phi) is 68.4. The minimum atomic E-state index is 0.137. The number of rotatable bonds is 17. The molecule has 0 atom stereocenters. The van der Waals surface area contributed by atoms with E-state index in [9.17, 15) is 0 Å². The molecule has 5 aromatic heterocycles. The zero-order valence-corrected chi connectivity index (χ0v) is 95.0. The van der Waals surface area contributed by atoms with Crippen LogP contribution in [0.1, 0.15) is 390 Å². The molecule has 0 aliphatic carbocycles. The van der Waals surface area contributed by atoms with E-state index in [1.54, 1.807) is 7.11 Å². The van der Waals surface area contributed by atoms with Crippen molar-refractivity contribution in [1.82, 2.24) is 44.5 Å². The van der Waals surface area contributed by atoms with Crippen LogP contribution in [0.4, 0.5) is 0 Å². The maximum atomic E-state index is 8.84. The summed E-state index contributed by atoms with van der Waals surface area (Å²) in [5.74, 6) is 7.31. The molecule has 3 saturated heterocycles. The fourth-order valence-electron chi connectivity index (χ4n) is 14.7. The number of nitrogens with zero attached hydrogens (tertiary/aromatic N) is 9. The molecule has 0 spiro atoms. The predicted molar refractivity (Wildman–Crippen MR) is 609 cm³/mol. The van der Waals surface area contributed by atoms with Crippen molar-refractivity contribution >= 4 is 0 Å². The Morgan fingerprint density at radius 2 is 0.736 bits per heavy atom. The maximum Gasteiger partial charge on any atom is 0.122 e. The summed E-state index contributed by atoms with van der Waals surface area (Å²) >= 11 is 0. The molecule has 0 radical (unpaired) electrons. The third-order valence-electron chi connectivity index (χ3n) is 24.2. The Bertz CT molecular complexity index is 4620. The molecular weight excluding hydrogens is 1720 g/mol. The van der Waals surface area contributed by atoms with E-state index in [2.05, 4.69) is 420 Å². The number of pyridine rings is 5. The van der Waals surface area contributed by atoms with Crippen LogP contribution in [0.25, 0.3) is 0 Å². The second kappa shape index (κ2) is 74.5. The Balaban J connectivity index is 0.000000754. The molecule has 3 fully saturated rings. The number of aryl methyl sites for hydroxylation is 7. The van der Waals surface area contributed by atoms with Crippen LogP contribution in [0.5, 0.6) is 5.75 Å². The highest BCUT2D eigenvalue weighted by atomic mass is 16.5. The van der Waals surface area contributed by atoms with Gasteiger partial charge in [-0.25, -0.2) is 0 Å². The summed E-state index contributed by atoms with van der Waals surface area (Å²) in [6.07, 6.45) is 11.7. The SMILES string of the molecule is CC(C)N1CCCCC1.CC(C)N1CCN(C)CC1.CC(C)N1CCOCC1.CC(C)c1ccc(CO)cc1.CC(C)c1cccc(CO)c1.CC(C)c1ccccn1.COc1ccccc1C(C)C.Cc1ccc(C(C)C)cc1.Cc1ccc(C(C)C)nc1.Cc1cccc(C(C)C)c1.Cc1cccc(C(C)C)n1.Cc1ccccc1C(C)C.Cc1cccnc1C(C)C.Cc1ccnc(C(C)C)c1. The number of ether oxygens (including phenoxy) is 2. The third kappa shape index (κ3) is 58.2. The monoisotopic (exact) mass is 1910 g/mol. The van der Waals surface area contributed by atoms with Crippen LogP contribution in [0.3, 0.4) is 0 Å². The Morgan fingerprint density at radius 1 is 0.300 bits per heavy atom. The number of para-hydroxylation sites is 1. The van der Waals surface area contributed by atoms with E-state index in [-0.39, 0.29) is 13.2 Å². The summed E-state index contributed by atoms with van der Waals surface area (Å²) in [7, 11) is 3.90. The van der Waals surface area contributed by atoms with Crippen molar-refractivity contribution in [3.63, 3.8) is 0 Å². The number of benzene rings is 6. The van der Waals surface area contributed by atoms with Crippen LogP contribution in [0.2, 0.25) is 0 Å². The fraction of sp³-hybridized carbons (Fsp3) is 0.520. The summed E-state index contributed by atoms with van der Waals surface area (Å²) in [6, 6.07) is 76.9. The average molecular weight is 1910 g/mol. The van der Waals surface area contributed by atoms with Crippen LogP contribution in [-0.4, -0.2) is 153 Å². The molecule has 6 aromatic carbocycles. The molecule has 774 valence electrons. The van der Waals surface area contributed by atoms with Gasteiger partial charge in [0.25, 0.3) is 0 Å². The van der Waals surface area contributed by atoms with Gasteiger partial charge in [-0.1, -0.05) is 334 Å². The van der Waals surface area contributed by atoms with E-state index in [1.807, 2.05) is 117 Å². The second-order valence-electron chi connectivity index (χ2n) is 41.5. The molecule has 3 aliphatic heterocycles. The van der Waals surface area contributed by atoms with E-state index >= 15 is 0 Å².